The highest BCUT2D eigenvalue weighted by molar-refractivity contribution is 4.96. The zero-order chi connectivity index (χ0) is 17.5. The smallest absolute Gasteiger partial charge is 0.168 e. The van der Waals surface area contributed by atoms with Crippen molar-refractivity contribution in [3.05, 3.63) is 5.82 Å². The summed E-state index contributed by atoms with van der Waals surface area (Å²) in [6, 6.07) is 1.17. The molecule has 2 fully saturated rings. The number of tetrazole rings is 1. The molecule has 0 N–H and O–H groups in total. The first-order valence-electron chi connectivity index (χ1n) is 10.1. The summed E-state index contributed by atoms with van der Waals surface area (Å²) in [5.74, 6) is 1.01. The van der Waals surface area contributed by atoms with Crippen LogP contribution >= 0.6 is 0 Å². The molecular weight excluding hydrogens is 316 g/mol. The van der Waals surface area contributed by atoms with E-state index in [1.165, 1.54) is 51.6 Å². The normalized spacial score (nSPS) is 21.8. The molecule has 0 spiro atoms. The second-order valence-corrected chi connectivity index (χ2v) is 7.42. The fourth-order valence-corrected chi connectivity index (χ4v) is 4.34. The molecule has 1 saturated heterocycles. The van der Waals surface area contributed by atoms with Crippen molar-refractivity contribution in [2.75, 3.05) is 39.9 Å². The molecule has 2 heterocycles. The largest absolute Gasteiger partial charge is 0.383 e. The molecular formula is C18H34N6O. The van der Waals surface area contributed by atoms with Crippen LogP contribution in [0, 0.1) is 0 Å². The predicted octanol–water partition coefficient (Wildman–Crippen LogP) is 2.11. The van der Waals surface area contributed by atoms with Crippen LogP contribution in [-0.4, -0.2) is 75.9 Å². The van der Waals surface area contributed by atoms with Gasteiger partial charge in [-0.3, -0.25) is 9.80 Å². The van der Waals surface area contributed by atoms with Gasteiger partial charge in [0.25, 0.3) is 0 Å². The van der Waals surface area contributed by atoms with Crippen LogP contribution in [0.15, 0.2) is 0 Å². The standard InChI is InChI=1S/C18H34N6O/c1-3-4-9-17(18-19-20-21-24(18)14-15-25-2)23-12-10-22(11-13-23)16-7-5-6-8-16/h16-17H,3-15H2,1-2H3. The van der Waals surface area contributed by atoms with E-state index in [-0.39, 0.29) is 0 Å². The fraction of sp³-hybridized carbons (Fsp3) is 0.944. The maximum atomic E-state index is 5.21. The third-order valence-electron chi connectivity index (χ3n) is 5.83. The Labute approximate surface area is 151 Å². The van der Waals surface area contributed by atoms with Crippen LogP contribution in [-0.2, 0) is 11.3 Å². The van der Waals surface area contributed by atoms with Crippen molar-refractivity contribution >= 4 is 0 Å². The Balaban J connectivity index is 1.63. The van der Waals surface area contributed by atoms with E-state index in [4.69, 9.17) is 4.74 Å². The van der Waals surface area contributed by atoms with Crippen LogP contribution in [0.4, 0.5) is 0 Å². The summed E-state index contributed by atoms with van der Waals surface area (Å²) in [7, 11) is 1.72. The second kappa shape index (κ2) is 9.59. The van der Waals surface area contributed by atoms with Crippen LogP contribution in [0.1, 0.15) is 63.7 Å². The summed E-state index contributed by atoms with van der Waals surface area (Å²) in [5.41, 5.74) is 0. The summed E-state index contributed by atoms with van der Waals surface area (Å²) >= 11 is 0. The number of hydrogen-bond acceptors (Lipinski definition) is 6. The van der Waals surface area contributed by atoms with E-state index >= 15 is 0 Å². The maximum Gasteiger partial charge on any atom is 0.168 e. The number of unbranched alkanes of at least 4 members (excludes halogenated alkanes) is 1. The van der Waals surface area contributed by atoms with Gasteiger partial charge in [-0.15, -0.1) is 5.10 Å². The van der Waals surface area contributed by atoms with Crippen LogP contribution in [0.3, 0.4) is 0 Å². The number of piperazine rings is 1. The Bertz CT molecular complexity index is 494. The van der Waals surface area contributed by atoms with Crippen molar-refractivity contribution in [1.82, 2.24) is 30.0 Å². The Morgan fingerprint density at radius 3 is 2.60 bits per heavy atom. The molecule has 1 unspecified atom stereocenters. The lowest BCUT2D eigenvalue weighted by atomic mass is 10.1. The SMILES string of the molecule is CCCCC(c1nnnn1CCOC)N1CCN(C2CCCC2)CC1. The first-order chi connectivity index (χ1) is 12.3. The number of ether oxygens (including phenoxy) is 1. The molecule has 25 heavy (non-hydrogen) atoms. The third-order valence-corrected chi connectivity index (χ3v) is 5.83. The van der Waals surface area contributed by atoms with Gasteiger partial charge in [0.05, 0.1) is 19.2 Å². The number of hydrogen-bond donors (Lipinski definition) is 0. The lowest BCUT2D eigenvalue weighted by molar-refractivity contribution is 0.0614. The van der Waals surface area contributed by atoms with E-state index in [0.29, 0.717) is 12.6 Å². The predicted molar refractivity (Wildman–Crippen MR) is 97.4 cm³/mol. The number of aromatic nitrogens is 4. The van der Waals surface area contributed by atoms with Crippen molar-refractivity contribution < 1.29 is 4.74 Å². The molecule has 0 bridgehead atoms. The second-order valence-electron chi connectivity index (χ2n) is 7.42. The average molecular weight is 351 g/mol. The van der Waals surface area contributed by atoms with Gasteiger partial charge in [-0.25, -0.2) is 4.68 Å². The molecule has 7 heteroatoms. The fourth-order valence-electron chi connectivity index (χ4n) is 4.34. The molecule has 1 aliphatic carbocycles. The average Bonchev–Trinajstić information content (AvgIpc) is 3.33. The number of rotatable bonds is 9. The lowest BCUT2D eigenvalue weighted by Gasteiger charge is -2.41. The highest BCUT2D eigenvalue weighted by Gasteiger charge is 2.31. The minimum absolute atomic E-state index is 0.331. The van der Waals surface area contributed by atoms with Crippen LogP contribution in [0.5, 0.6) is 0 Å². The highest BCUT2D eigenvalue weighted by Crippen LogP contribution is 2.29. The van der Waals surface area contributed by atoms with Crippen LogP contribution in [0.2, 0.25) is 0 Å². The van der Waals surface area contributed by atoms with E-state index in [9.17, 15) is 0 Å². The minimum atomic E-state index is 0.331. The molecule has 7 nitrogen and oxygen atoms in total. The molecule has 142 valence electrons. The summed E-state index contributed by atoms with van der Waals surface area (Å²) < 4.78 is 7.15. The number of methoxy groups -OCH3 is 1. The van der Waals surface area contributed by atoms with Crippen molar-refractivity contribution in [3.63, 3.8) is 0 Å². The maximum absolute atomic E-state index is 5.21. The molecule has 1 atom stereocenters. The zero-order valence-electron chi connectivity index (χ0n) is 15.9. The van der Waals surface area contributed by atoms with E-state index in [1.54, 1.807) is 7.11 Å². The zero-order valence-corrected chi connectivity index (χ0v) is 15.9. The molecule has 1 saturated carbocycles. The van der Waals surface area contributed by atoms with Gasteiger partial charge in [0, 0.05) is 39.3 Å². The molecule has 2 aliphatic rings. The van der Waals surface area contributed by atoms with Gasteiger partial charge in [0.15, 0.2) is 5.82 Å². The van der Waals surface area contributed by atoms with Crippen LogP contribution < -0.4 is 0 Å². The van der Waals surface area contributed by atoms with Crippen molar-refractivity contribution in [3.8, 4) is 0 Å². The van der Waals surface area contributed by atoms with Gasteiger partial charge >= 0.3 is 0 Å². The van der Waals surface area contributed by atoms with E-state index in [0.717, 1.165) is 37.9 Å². The first-order valence-corrected chi connectivity index (χ1v) is 10.1. The van der Waals surface area contributed by atoms with Crippen molar-refractivity contribution in [2.24, 2.45) is 0 Å². The van der Waals surface area contributed by atoms with Gasteiger partial charge in [-0.2, -0.15) is 0 Å². The molecule has 0 amide bonds. The summed E-state index contributed by atoms with van der Waals surface area (Å²) in [6.45, 7) is 8.25. The summed E-state index contributed by atoms with van der Waals surface area (Å²) in [4.78, 5) is 5.32. The molecule has 3 rings (SSSR count). The van der Waals surface area contributed by atoms with Crippen molar-refractivity contribution in [2.45, 2.75) is 70.5 Å². The summed E-state index contributed by atoms with van der Waals surface area (Å²) in [5, 5.41) is 12.5. The quantitative estimate of drug-likeness (QED) is 0.680. The minimum Gasteiger partial charge on any atom is -0.383 e. The molecule has 0 radical (unpaired) electrons. The van der Waals surface area contributed by atoms with Gasteiger partial charge < -0.3 is 4.74 Å². The van der Waals surface area contributed by atoms with Crippen molar-refractivity contribution in [1.29, 1.82) is 0 Å². The Kier molecular flexibility index (Phi) is 7.19. The number of nitrogens with zero attached hydrogens (tertiary/aromatic N) is 6. The monoisotopic (exact) mass is 350 g/mol. The Hall–Kier alpha value is -1.05. The van der Waals surface area contributed by atoms with E-state index in [1.807, 2.05) is 4.68 Å². The van der Waals surface area contributed by atoms with Gasteiger partial charge in [-0.1, -0.05) is 32.6 Å². The molecule has 1 aromatic heterocycles. The lowest BCUT2D eigenvalue weighted by Crippen LogP contribution is -2.50. The Morgan fingerprint density at radius 1 is 1.16 bits per heavy atom. The molecule has 1 aliphatic heterocycles. The van der Waals surface area contributed by atoms with Gasteiger partial charge in [0.1, 0.15) is 0 Å². The molecule has 1 aromatic rings. The van der Waals surface area contributed by atoms with Gasteiger partial charge in [-0.05, 0) is 29.7 Å². The highest BCUT2D eigenvalue weighted by atomic mass is 16.5. The topological polar surface area (TPSA) is 59.3 Å². The Morgan fingerprint density at radius 2 is 1.92 bits per heavy atom. The molecule has 0 aromatic carbocycles. The van der Waals surface area contributed by atoms with E-state index in [2.05, 4.69) is 32.2 Å². The third kappa shape index (κ3) is 4.77. The van der Waals surface area contributed by atoms with E-state index < -0.39 is 0 Å². The van der Waals surface area contributed by atoms with Gasteiger partial charge in [0.2, 0.25) is 0 Å². The van der Waals surface area contributed by atoms with Crippen LogP contribution in [0.25, 0.3) is 0 Å². The summed E-state index contributed by atoms with van der Waals surface area (Å²) in [6.07, 6.45) is 9.18. The first kappa shape index (κ1) is 18.7.